The zero-order valence-electron chi connectivity index (χ0n) is 17.9. The van der Waals surface area contributed by atoms with Crippen LogP contribution < -0.4 is 74.8 Å². The van der Waals surface area contributed by atoms with Crippen molar-refractivity contribution in [1.82, 2.24) is 0 Å². The molecule has 0 amide bonds. The van der Waals surface area contributed by atoms with Crippen LogP contribution in [0.4, 0.5) is 0 Å². The summed E-state index contributed by atoms with van der Waals surface area (Å²) >= 11 is 33.0. The summed E-state index contributed by atoms with van der Waals surface area (Å²) in [5.74, 6) is -1.70. The average molecular weight is 1030 g/mol. The fourth-order valence-corrected chi connectivity index (χ4v) is 7.68. The molecule has 0 saturated carbocycles. The first-order valence-corrected chi connectivity index (χ1v) is 15.1. The van der Waals surface area contributed by atoms with E-state index >= 15 is 0 Å². The molecule has 2 aliphatic rings. The van der Waals surface area contributed by atoms with Gasteiger partial charge in [-0.15, -0.1) is 0 Å². The first-order chi connectivity index (χ1) is 15.9. The maximum atomic E-state index is 12.9. The van der Waals surface area contributed by atoms with Crippen LogP contribution in [-0.2, 0) is 4.43 Å². The van der Waals surface area contributed by atoms with E-state index < -0.39 is 11.5 Å². The number of alkyl halides is 1. The molecule has 1 heterocycles. The molecule has 0 bridgehead atoms. The second kappa shape index (κ2) is 13.6. The number of carbonyl (C=O) groups is 1. The summed E-state index contributed by atoms with van der Waals surface area (Å²) in [6.07, 6.45) is 0. The Morgan fingerprint density at radius 3 is 2.06 bits per heavy atom. The second-order valence-electron chi connectivity index (χ2n) is 6.83. The molecule has 4 rings (SSSR count). The molecule has 15 heteroatoms. The van der Waals surface area contributed by atoms with Crippen molar-refractivity contribution in [3.63, 3.8) is 0 Å². The minimum absolute atomic E-state index is 0. The van der Waals surface area contributed by atoms with Crippen LogP contribution >= 0.6 is 137 Å². The minimum Gasteiger partial charge on any atom is -0.871 e. The average Bonchev–Trinajstić information content (AvgIpc) is 2.79. The van der Waals surface area contributed by atoms with Gasteiger partial charge in [0.1, 0.15) is 11.3 Å². The van der Waals surface area contributed by atoms with E-state index in [0.29, 0.717) is 28.1 Å². The van der Waals surface area contributed by atoms with E-state index in [4.69, 9.17) is 50.8 Å². The molecule has 0 saturated heterocycles. The Morgan fingerprint density at radius 2 is 1.50 bits per heavy atom. The van der Waals surface area contributed by atoms with Crippen molar-refractivity contribution in [1.29, 1.82) is 0 Å². The number of rotatable bonds is 3. The number of hydrogen-bond acceptors (Lipinski definition) is 5. The molecule has 176 valence electrons. The van der Waals surface area contributed by atoms with Crippen LogP contribution in [0, 0.1) is 10.7 Å². The largest absolute Gasteiger partial charge is 1.00 e. The van der Waals surface area contributed by atoms with E-state index in [0.717, 1.165) is 0 Å². The fraction of sp³-hybridized carbons (Fsp3) is 0.0476. The maximum Gasteiger partial charge on any atom is 1.00 e. The standard InChI is InChI=1S/C21H6Cl4I4O5.2Na/c22-12-10(11(21(32)33)13(23)15(25)14(12)24)9-4-1-7(27)17(30)6(3-26)19(4)34-20-5(9)2-8(28)18(31)16(20)29;;/h1-2,31H,3H2,(H,32,33);;/q;2*+1/p-2. The van der Waals surface area contributed by atoms with E-state index in [1.165, 1.54) is 0 Å². The predicted molar refractivity (Wildman–Crippen MR) is 164 cm³/mol. The first kappa shape index (κ1) is 34.7. The predicted octanol–water partition coefficient (Wildman–Crippen LogP) is 1.37. The molecule has 0 spiro atoms. The van der Waals surface area contributed by atoms with E-state index in [2.05, 4.69) is 0 Å². The molecule has 36 heavy (non-hydrogen) atoms. The van der Waals surface area contributed by atoms with Crippen LogP contribution in [0.25, 0.3) is 33.4 Å². The molecule has 2 aromatic carbocycles. The molecule has 0 N–H and O–H groups in total. The summed E-state index contributed by atoms with van der Waals surface area (Å²) < 4.78 is 7.44. The van der Waals surface area contributed by atoms with Crippen LogP contribution in [-0.4, -0.2) is 5.97 Å². The van der Waals surface area contributed by atoms with E-state index in [9.17, 15) is 19.8 Å². The molecule has 0 unspecified atom stereocenters. The van der Waals surface area contributed by atoms with Gasteiger partial charge < -0.3 is 19.4 Å². The molecule has 1 aliphatic carbocycles. The van der Waals surface area contributed by atoms with Gasteiger partial charge in [0.2, 0.25) is 0 Å². The zero-order valence-corrected chi connectivity index (χ0v) is 33.6. The zero-order chi connectivity index (χ0) is 25.2. The van der Waals surface area contributed by atoms with E-state index in [1.807, 2.05) is 90.4 Å². The summed E-state index contributed by atoms with van der Waals surface area (Å²) in [4.78, 5) is 25.1. The van der Waals surface area contributed by atoms with Crippen LogP contribution in [0.15, 0.2) is 21.3 Å². The topological polar surface area (TPSA) is 93.4 Å². The third-order valence-electron chi connectivity index (χ3n) is 5.01. The van der Waals surface area contributed by atoms with Crippen LogP contribution in [0.2, 0.25) is 20.1 Å². The van der Waals surface area contributed by atoms with Crippen LogP contribution in [0.3, 0.4) is 0 Å². The van der Waals surface area contributed by atoms with Crippen molar-refractivity contribution in [3.8, 4) is 28.2 Å². The SMILES string of the molecule is O=C([O-])c1c(Cl)c(Cl)c(Cl)c(Cl)c1-c1c2cc(I)c(=O)c(CI)c-2oc2c(I)c([O-])c(I)cc12.[Na+].[Na+]. The van der Waals surface area contributed by atoms with Gasteiger partial charge in [-0.05, 0) is 79.9 Å². The quantitative estimate of drug-likeness (QED) is 0.0774. The van der Waals surface area contributed by atoms with Gasteiger partial charge in [0, 0.05) is 39.2 Å². The van der Waals surface area contributed by atoms with Crippen molar-refractivity contribution < 1.29 is 78.5 Å². The summed E-state index contributed by atoms with van der Waals surface area (Å²) in [5, 5.41) is 24.4. The third kappa shape index (κ3) is 5.87. The Bertz CT molecular complexity index is 1600. The van der Waals surface area contributed by atoms with Gasteiger partial charge in [-0.25, -0.2) is 0 Å². The molecule has 0 fully saturated rings. The Kier molecular flexibility index (Phi) is 13.1. The number of hydrogen-bond donors (Lipinski definition) is 0. The van der Waals surface area contributed by atoms with E-state index in [1.54, 1.807) is 12.1 Å². The number of carboxylic acid groups (broad SMARTS) is 1. The molecular formula is C21H4Cl4I4Na2O5. The Morgan fingerprint density at radius 1 is 0.917 bits per heavy atom. The smallest absolute Gasteiger partial charge is 0.871 e. The molecule has 0 radical (unpaired) electrons. The Hall–Kier alpha value is 2.48. The third-order valence-corrected chi connectivity index (χ3v) is 10.2. The van der Waals surface area contributed by atoms with Crippen LogP contribution in [0.1, 0.15) is 15.9 Å². The number of aromatic carboxylic acids is 1. The molecule has 0 atom stereocenters. The first-order valence-electron chi connectivity index (χ1n) is 8.82. The maximum absolute atomic E-state index is 12.9. The number of benzene rings is 3. The van der Waals surface area contributed by atoms with Crippen LogP contribution in [0.5, 0.6) is 5.75 Å². The number of halogens is 8. The molecule has 2 aromatic rings. The normalized spacial score (nSPS) is 10.9. The minimum atomic E-state index is -1.63. The molecular weight excluding hydrogens is 1030 g/mol. The molecule has 1 aliphatic heterocycles. The Balaban J connectivity index is 0.00000228. The van der Waals surface area contributed by atoms with Crippen molar-refractivity contribution in [3.05, 3.63) is 64.3 Å². The molecule has 0 aromatic heterocycles. The van der Waals surface area contributed by atoms with Gasteiger partial charge in [-0.1, -0.05) is 74.7 Å². The number of carboxylic acids is 1. The van der Waals surface area contributed by atoms with Crippen molar-refractivity contribution >= 4 is 154 Å². The summed E-state index contributed by atoms with van der Waals surface area (Å²) in [5.41, 5.74) is 0.438. The number of fused-ring (bicyclic) bond motifs is 2. The van der Waals surface area contributed by atoms with Gasteiger partial charge in [-0.3, -0.25) is 4.79 Å². The van der Waals surface area contributed by atoms with Crippen molar-refractivity contribution in [2.24, 2.45) is 0 Å². The fourth-order valence-electron chi connectivity index (χ4n) is 3.54. The van der Waals surface area contributed by atoms with Gasteiger partial charge >= 0.3 is 59.1 Å². The monoisotopic (exact) mass is 1030 g/mol. The summed E-state index contributed by atoms with van der Waals surface area (Å²) in [6, 6.07) is 3.13. The second-order valence-corrected chi connectivity index (χ2v) is 12.5. The van der Waals surface area contributed by atoms with E-state index in [-0.39, 0.29) is 116 Å². The van der Waals surface area contributed by atoms with Gasteiger partial charge in [0.05, 0.1) is 35.2 Å². The Labute approximate surface area is 323 Å². The summed E-state index contributed by atoms with van der Waals surface area (Å²) in [7, 11) is 0. The van der Waals surface area contributed by atoms with Crippen molar-refractivity contribution in [2.75, 3.05) is 0 Å². The van der Waals surface area contributed by atoms with Gasteiger partial charge in [0.25, 0.3) is 0 Å². The van der Waals surface area contributed by atoms with Gasteiger partial charge in [-0.2, -0.15) is 0 Å². The number of carbonyl (C=O) groups excluding carboxylic acids is 1. The van der Waals surface area contributed by atoms with Crippen molar-refractivity contribution in [2.45, 2.75) is 4.43 Å². The molecule has 5 nitrogen and oxygen atoms in total. The van der Waals surface area contributed by atoms with Gasteiger partial charge in [0.15, 0.2) is 5.43 Å². The summed E-state index contributed by atoms with van der Waals surface area (Å²) in [6.45, 7) is 0.